The zero-order chi connectivity index (χ0) is 13.8. The molecule has 19 heavy (non-hydrogen) atoms. The number of hydrogen-bond acceptors (Lipinski definition) is 4. The van der Waals surface area contributed by atoms with Gasteiger partial charge in [-0.05, 0) is 24.8 Å². The van der Waals surface area contributed by atoms with Crippen molar-refractivity contribution in [3.8, 4) is 0 Å². The van der Waals surface area contributed by atoms with Crippen LogP contribution in [-0.2, 0) is 4.74 Å². The van der Waals surface area contributed by atoms with Gasteiger partial charge >= 0.3 is 0 Å². The van der Waals surface area contributed by atoms with Crippen LogP contribution in [0.25, 0.3) is 0 Å². The monoisotopic (exact) mass is 272 g/mol. The second-order valence-electron chi connectivity index (χ2n) is 4.46. The van der Waals surface area contributed by atoms with Crippen molar-refractivity contribution in [1.29, 1.82) is 0 Å². The average Bonchev–Trinajstić information content (AvgIpc) is 3.17. The molecule has 104 valence electrons. The maximum absolute atomic E-state index is 13.5. The van der Waals surface area contributed by atoms with E-state index in [0.717, 1.165) is 25.0 Å². The van der Waals surface area contributed by atoms with Gasteiger partial charge in [-0.15, -0.1) is 0 Å². The Morgan fingerprint density at radius 1 is 1.42 bits per heavy atom. The molecule has 0 bridgehead atoms. The Hall–Kier alpha value is -1.76. The summed E-state index contributed by atoms with van der Waals surface area (Å²) in [7, 11) is 0. The molecule has 0 amide bonds. The highest BCUT2D eigenvalue weighted by Crippen LogP contribution is 2.29. The summed E-state index contributed by atoms with van der Waals surface area (Å²) in [5, 5.41) is 13.2. The number of halogens is 2. The number of benzene rings is 1. The van der Waals surface area contributed by atoms with E-state index in [1.54, 1.807) is 0 Å². The zero-order valence-corrected chi connectivity index (χ0v) is 10.2. The van der Waals surface area contributed by atoms with Crippen LogP contribution in [0.1, 0.15) is 12.8 Å². The average molecular weight is 272 g/mol. The molecule has 0 radical (unpaired) electrons. The lowest BCUT2D eigenvalue weighted by Crippen LogP contribution is -2.13. The molecule has 0 spiro atoms. The number of nitrogens with one attached hydrogen (secondary N) is 1. The van der Waals surface area contributed by atoms with Crippen LogP contribution >= 0.6 is 0 Å². The Bertz CT molecular complexity index is 478. The number of hydrogen-bond donors (Lipinski definition) is 1. The van der Waals surface area contributed by atoms with Crippen molar-refractivity contribution in [3.05, 3.63) is 33.9 Å². The minimum atomic E-state index is -1.24. The van der Waals surface area contributed by atoms with Crippen LogP contribution in [0.5, 0.6) is 0 Å². The van der Waals surface area contributed by atoms with Crippen LogP contribution in [0.15, 0.2) is 12.1 Å². The van der Waals surface area contributed by atoms with Crippen LogP contribution in [0.3, 0.4) is 0 Å². The highest BCUT2D eigenvalue weighted by molar-refractivity contribution is 5.62. The molecule has 1 aliphatic carbocycles. The van der Waals surface area contributed by atoms with Gasteiger partial charge in [0.05, 0.1) is 11.5 Å². The molecule has 1 aliphatic rings. The highest BCUT2D eigenvalue weighted by Gasteiger charge is 2.22. The minimum Gasteiger partial charge on any atom is -0.379 e. The second kappa shape index (κ2) is 5.92. The van der Waals surface area contributed by atoms with Crippen LogP contribution in [0.4, 0.5) is 20.2 Å². The first-order valence-corrected chi connectivity index (χ1v) is 6.03. The van der Waals surface area contributed by atoms with E-state index in [1.165, 1.54) is 0 Å². The van der Waals surface area contributed by atoms with Crippen molar-refractivity contribution in [3.63, 3.8) is 0 Å². The fourth-order valence-electron chi connectivity index (χ4n) is 1.64. The molecule has 1 aromatic rings. The molecule has 0 heterocycles. The lowest BCUT2D eigenvalue weighted by Gasteiger charge is -2.09. The molecule has 0 atom stereocenters. The fourth-order valence-corrected chi connectivity index (χ4v) is 1.64. The lowest BCUT2D eigenvalue weighted by molar-refractivity contribution is -0.384. The van der Waals surface area contributed by atoms with E-state index in [0.29, 0.717) is 19.1 Å². The van der Waals surface area contributed by atoms with Gasteiger partial charge in [-0.3, -0.25) is 10.1 Å². The predicted octanol–water partition coefficient (Wildman–Crippen LogP) is 2.71. The van der Waals surface area contributed by atoms with Crippen molar-refractivity contribution in [2.24, 2.45) is 5.92 Å². The molecule has 1 aromatic carbocycles. The normalized spacial score (nSPS) is 14.4. The summed E-state index contributed by atoms with van der Waals surface area (Å²) in [6.45, 7) is 1.13. The van der Waals surface area contributed by atoms with Gasteiger partial charge in [0.25, 0.3) is 5.69 Å². The third kappa shape index (κ3) is 3.60. The molecule has 5 nitrogen and oxygen atoms in total. The lowest BCUT2D eigenvalue weighted by atomic mass is 10.2. The van der Waals surface area contributed by atoms with Gasteiger partial charge in [0.2, 0.25) is 0 Å². The summed E-state index contributed by atoms with van der Waals surface area (Å²) in [5.74, 6) is -1.75. The topological polar surface area (TPSA) is 64.4 Å². The molecule has 1 fully saturated rings. The molecule has 1 saturated carbocycles. The molecule has 0 aromatic heterocycles. The zero-order valence-electron chi connectivity index (χ0n) is 10.2. The van der Waals surface area contributed by atoms with E-state index in [4.69, 9.17) is 4.74 Å². The Morgan fingerprint density at radius 2 is 2.16 bits per heavy atom. The summed E-state index contributed by atoms with van der Waals surface area (Å²) in [5.41, 5.74) is -0.916. The van der Waals surface area contributed by atoms with Crippen LogP contribution in [0, 0.1) is 27.7 Å². The van der Waals surface area contributed by atoms with Crippen molar-refractivity contribution in [2.45, 2.75) is 12.8 Å². The third-order valence-electron chi connectivity index (χ3n) is 2.87. The number of nitro groups is 1. The highest BCUT2D eigenvalue weighted by atomic mass is 19.2. The number of nitro benzene ring substituents is 1. The molecular formula is C12H14F2N2O3. The van der Waals surface area contributed by atoms with E-state index in [9.17, 15) is 18.9 Å². The van der Waals surface area contributed by atoms with Gasteiger partial charge in [0.15, 0.2) is 17.3 Å². The predicted molar refractivity (Wildman–Crippen MR) is 65.0 cm³/mol. The standard InChI is InChI=1S/C12H14F2N2O3/c13-9-3-4-10(16(17)18)12(11(9)14)15-5-6-19-7-8-1-2-8/h3-4,8,15H,1-2,5-7H2. The maximum atomic E-state index is 13.5. The van der Waals surface area contributed by atoms with Crippen molar-refractivity contribution in [1.82, 2.24) is 0 Å². The number of ether oxygens (including phenoxy) is 1. The first-order chi connectivity index (χ1) is 9.09. The summed E-state index contributed by atoms with van der Waals surface area (Å²) >= 11 is 0. The Balaban J connectivity index is 1.92. The summed E-state index contributed by atoms with van der Waals surface area (Å²) < 4.78 is 31.8. The van der Waals surface area contributed by atoms with E-state index in [-0.39, 0.29) is 6.54 Å². The van der Waals surface area contributed by atoms with E-state index in [1.807, 2.05) is 0 Å². The molecule has 1 N–H and O–H groups in total. The Kier molecular flexibility index (Phi) is 4.26. The van der Waals surface area contributed by atoms with Crippen LogP contribution in [0.2, 0.25) is 0 Å². The molecule has 0 aliphatic heterocycles. The van der Waals surface area contributed by atoms with Crippen molar-refractivity contribution in [2.75, 3.05) is 25.1 Å². The number of anilines is 1. The largest absolute Gasteiger partial charge is 0.379 e. The van der Waals surface area contributed by atoms with Crippen LogP contribution in [-0.4, -0.2) is 24.7 Å². The van der Waals surface area contributed by atoms with Crippen molar-refractivity contribution >= 4 is 11.4 Å². The first-order valence-electron chi connectivity index (χ1n) is 6.03. The third-order valence-corrected chi connectivity index (χ3v) is 2.87. The first kappa shape index (κ1) is 13.7. The summed E-state index contributed by atoms with van der Waals surface area (Å²) in [6, 6.07) is 1.67. The van der Waals surface area contributed by atoms with Gasteiger partial charge < -0.3 is 10.1 Å². The Labute approximate surface area is 108 Å². The Morgan fingerprint density at radius 3 is 2.79 bits per heavy atom. The smallest absolute Gasteiger partial charge is 0.295 e. The quantitative estimate of drug-likeness (QED) is 0.471. The molecular weight excluding hydrogens is 258 g/mol. The molecule has 0 unspecified atom stereocenters. The van der Waals surface area contributed by atoms with Gasteiger partial charge in [-0.1, -0.05) is 0 Å². The molecule has 7 heteroatoms. The van der Waals surface area contributed by atoms with Gasteiger partial charge in [0, 0.05) is 19.2 Å². The number of rotatable bonds is 7. The van der Waals surface area contributed by atoms with E-state index < -0.39 is 27.9 Å². The van der Waals surface area contributed by atoms with E-state index >= 15 is 0 Å². The summed E-state index contributed by atoms with van der Waals surface area (Å²) in [4.78, 5) is 9.96. The van der Waals surface area contributed by atoms with Gasteiger partial charge in [-0.25, -0.2) is 8.78 Å². The SMILES string of the molecule is O=[N+]([O-])c1ccc(F)c(F)c1NCCOCC1CC1. The fraction of sp³-hybridized carbons (Fsp3) is 0.500. The minimum absolute atomic E-state index is 0.188. The number of nitrogens with zero attached hydrogens (tertiary/aromatic N) is 1. The van der Waals surface area contributed by atoms with E-state index in [2.05, 4.69) is 5.32 Å². The van der Waals surface area contributed by atoms with Crippen LogP contribution < -0.4 is 5.32 Å². The van der Waals surface area contributed by atoms with Gasteiger partial charge in [0.1, 0.15) is 0 Å². The molecule has 2 rings (SSSR count). The molecule has 0 saturated heterocycles. The summed E-state index contributed by atoms with van der Waals surface area (Å²) in [6.07, 6.45) is 2.33. The van der Waals surface area contributed by atoms with Gasteiger partial charge in [-0.2, -0.15) is 0 Å². The second-order valence-corrected chi connectivity index (χ2v) is 4.46. The van der Waals surface area contributed by atoms with Crippen molar-refractivity contribution < 1.29 is 18.4 Å². The maximum Gasteiger partial charge on any atom is 0.295 e.